The Morgan fingerprint density at radius 1 is 1.58 bits per heavy atom. The van der Waals surface area contributed by atoms with Gasteiger partial charge in [0.15, 0.2) is 11.1 Å². The third-order valence-corrected chi connectivity index (χ3v) is 1.60. The average molecular weight is 185 g/mol. The molecule has 2 heterocycles. The molecule has 0 fully saturated rings. The van der Waals surface area contributed by atoms with Crippen LogP contribution in [0.1, 0.15) is 0 Å². The lowest BCUT2D eigenvalue weighted by Crippen LogP contribution is -1.87. The maximum absolute atomic E-state index is 5.55. The molecule has 0 saturated carbocycles. The molecule has 0 aromatic carbocycles. The van der Waals surface area contributed by atoms with Crippen LogP contribution in [0.25, 0.3) is 11.1 Å². The van der Waals surface area contributed by atoms with Gasteiger partial charge in [-0.2, -0.15) is 4.98 Å². The molecule has 0 aliphatic heterocycles. The van der Waals surface area contributed by atoms with E-state index in [0.717, 1.165) is 0 Å². The standard InChI is InChI=1S/C7H5ClN2O2/c1-11-6-5-4(2-3-9-6)12-7(8)10-5/h2-3H,1H3. The number of oxazole rings is 1. The van der Waals surface area contributed by atoms with E-state index in [1.165, 1.54) is 7.11 Å². The fourth-order valence-electron chi connectivity index (χ4n) is 0.954. The molecule has 2 aromatic rings. The first-order chi connectivity index (χ1) is 5.81. The van der Waals surface area contributed by atoms with E-state index in [1.54, 1.807) is 12.3 Å². The highest BCUT2D eigenvalue weighted by molar-refractivity contribution is 6.28. The Bertz CT molecular complexity index is 413. The largest absolute Gasteiger partial charge is 0.479 e. The van der Waals surface area contributed by atoms with E-state index >= 15 is 0 Å². The van der Waals surface area contributed by atoms with Crippen LogP contribution in [0.4, 0.5) is 0 Å². The Hall–Kier alpha value is -1.29. The monoisotopic (exact) mass is 184 g/mol. The Kier molecular flexibility index (Phi) is 1.62. The molecule has 12 heavy (non-hydrogen) atoms. The van der Waals surface area contributed by atoms with Gasteiger partial charge in [0.2, 0.25) is 5.88 Å². The fourth-order valence-corrected chi connectivity index (χ4v) is 1.12. The molecule has 0 N–H and O–H groups in total. The summed E-state index contributed by atoms with van der Waals surface area (Å²) >= 11 is 5.55. The summed E-state index contributed by atoms with van der Waals surface area (Å²) in [4.78, 5) is 7.83. The van der Waals surface area contributed by atoms with Crippen molar-refractivity contribution >= 4 is 22.7 Å². The number of aromatic nitrogens is 2. The zero-order valence-corrected chi connectivity index (χ0v) is 7.00. The number of ether oxygens (including phenoxy) is 1. The van der Waals surface area contributed by atoms with Crippen LogP contribution in [0.5, 0.6) is 5.88 Å². The first-order valence-corrected chi connectivity index (χ1v) is 3.64. The topological polar surface area (TPSA) is 48.2 Å². The molecule has 0 atom stereocenters. The second-order valence-electron chi connectivity index (χ2n) is 2.13. The maximum atomic E-state index is 5.55. The van der Waals surface area contributed by atoms with Gasteiger partial charge in [-0.3, -0.25) is 0 Å². The lowest BCUT2D eigenvalue weighted by Gasteiger charge is -1.95. The highest BCUT2D eigenvalue weighted by Crippen LogP contribution is 2.24. The summed E-state index contributed by atoms with van der Waals surface area (Å²) in [5, 5.41) is 0.0938. The van der Waals surface area contributed by atoms with Crippen molar-refractivity contribution in [3.05, 3.63) is 17.6 Å². The number of nitrogens with zero attached hydrogens (tertiary/aromatic N) is 2. The molecule has 4 nitrogen and oxygen atoms in total. The molecule has 0 saturated heterocycles. The third kappa shape index (κ3) is 1.00. The van der Waals surface area contributed by atoms with E-state index in [-0.39, 0.29) is 5.35 Å². The van der Waals surface area contributed by atoms with Gasteiger partial charge in [-0.05, 0) is 11.6 Å². The molecule has 5 heteroatoms. The maximum Gasteiger partial charge on any atom is 0.293 e. The zero-order chi connectivity index (χ0) is 8.55. The van der Waals surface area contributed by atoms with E-state index in [2.05, 4.69) is 9.97 Å². The van der Waals surface area contributed by atoms with Gasteiger partial charge in [0.1, 0.15) is 0 Å². The van der Waals surface area contributed by atoms with E-state index in [4.69, 9.17) is 20.8 Å². The van der Waals surface area contributed by atoms with Crippen LogP contribution >= 0.6 is 11.6 Å². The minimum absolute atomic E-state index is 0.0938. The summed E-state index contributed by atoms with van der Waals surface area (Å²) < 4.78 is 9.99. The molecule has 62 valence electrons. The van der Waals surface area contributed by atoms with Gasteiger partial charge in [0, 0.05) is 12.3 Å². The number of pyridine rings is 1. The normalized spacial score (nSPS) is 10.5. The molecule has 0 spiro atoms. The molecular formula is C7H5ClN2O2. The summed E-state index contributed by atoms with van der Waals surface area (Å²) in [5.74, 6) is 0.420. The lowest BCUT2D eigenvalue weighted by atomic mass is 10.4. The van der Waals surface area contributed by atoms with Crippen LogP contribution in [0.15, 0.2) is 16.7 Å². The van der Waals surface area contributed by atoms with Gasteiger partial charge in [0.05, 0.1) is 7.11 Å². The SMILES string of the molecule is COc1nccc2oc(Cl)nc12. The highest BCUT2D eigenvalue weighted by atomic mass is 35.5. The predicted molar refractivity (Wildman–Crippen MR) is 43.4 cm³/mol. The Morgan fingerprint density at radius 2 is 2.42 bits per heavy atom. The number of methoxy groups -OCH3 is 1. The van der Waals surface area contributed by atoms with Gasteiger partial charge < -0.3 is 9.15 Å². The van der Waals surface area contributed by atoms with Crippen molar-refractivity contribution < 1.29 is 9.15 Å². The second kappa shape index (κ2) is 2.64. The van der Waals surface area contributed by atoms with Crippen molar-refractivity contribution in [3.63, 3.8) is 0 Å². The molecule has 0 bridgehead atoms. The Labute approximate surface area is 73.1 Å². The van der Waals surface area contributed by atoms with Crippen molar-refractivity contribution in [3.8, 4) is 5.88 Å². The first kappa shape index (κ1) is 7.36. The van der Waals surface area contributed by atoms with Crippen LogP contribution in [0, 0.1) is 0 Å². The molecule has 0 radical (unpaired) electrons. The first-order valence-electron chi connectivity index (χ1n) is 3.26. The van der Waals surface area contributed by atoms with Gasteiger partial charge in [0.25, 0.3) is 5.35 Å². The Morgan fingerprint density at radius 3 is 3.17 bits per heavy atom. The number of rotatable bonds is 1. The van der Waals surface area contributed by atoms with Gasteiger partial charge in [-0.25, -0.2) is 4.98 Å². The number of halogens is 1. The van der Waals surface area contributed by atoms with Crippen molar-refractivity contribution in [1.29, 1.82) is 0 Å². The minimum atomic E-state index is 0.0938. The molecule has 0 aliphatic carbocycles. The lowest BCUT2D eigenvalue weighted by molar-refractivity contribution is 0.402. The summed E-state index contributed by atoms with van der Waals surface area (Å²) in [5.41, 5.74) is 1.12. The number of fused-ring (bicyclic) bond motifs is 1. The summed E-state index contributed by atoms with van der Waals surface area (Å²) in [7, 11) is 1.52. The molecule has 2 aromatic heterocycles. The second-order valence-corrected chi connectivity index (χ2v) is 2.46. The smallest absolute Gasteiger partial charge is 0.293 e. The average Bonchev–Trinajstić information content (AvgIpc) is 2.44. The third-order valence-electron chi connectivity index (χ3n) is 1.44. The predicted octanol–water partition coefficient (Wildman–Crippen LogP) is 1.88. The molecule has 0 aliphatic rings. The van der Waals surface area contributed by atoms with E-state index in [0.29, 0.717) is 17.0 Å². The summed E-state index contributed by atoms with van der Waals surface area (Å²) in [6.45, 7) is 0. The van der Waals surface area contributed by atoms with E-state index in [1.807, 2.05) is 0 Å². The number of hydrogen-bond acceptors (Lipinski definition) is 4. The molecule has 2 rings (SSSR count). The van der Waals surface area contributed by atoms with Gasteiger partial charge >= 0.3 is 0 Å². The van der Waals surface area contributed by atoms with Crippen molar-refractivity contribution in [1.82, 2.24) is 9.97 Å². The number of hydrogen-bond donors (Lipinski definition) is 0. The van der Waals surface area contributed by atoms with Crippen molar-refractivity contribution in [2.45, 2.75) is 0 Å². The van der Waals surface area contributed by atoms with Crippen molar-refractivity contribution in [2.75, 3.05) is 7.11 Å². The van der Waals surface area contributed by atoms with Crippen LogP contribution in [0.3, 0.4) is 0 Å². The van der Waals surface area contributed by atoms with Crippen LogP contribution < -0.4 is 4.74 Å². The molecule has 0 amide bonds. The van der Waals surface area contributed by atoms with Crippen LogP contribution in [-0.2, 0) is 0 Å². The van der Waals surface area contributed by atoms with E-state index < -0.39 is 0 Å². The van der Waals surface area contributed by atoms with Crippen LogP contribution in [0.2, 0.25) is 5.35 Å². The fraction of sp³-hybridized carbons (Fsp3) is 0.143. The zero-order valence-electron chi connectivity index (χ0n) is 6.24. The summed E-state index contributed by atoms with van der Waals surface area (Å²) in [6.07, 6.45) is 1.57. The van der Waals surface area contributed by atoms with Gasteiger partial charge in [-0.15, -0.1) is 0 Å². The van der Waals surface area contributed by atoms with Gasteiger partial charge in [-0.1, -0.05) is 0 Å². The summed E-state index contributed by atoms with van der Waals surface area (Å²) in [6, 6.07) is 1.68. The van der Waals surface area contributed by atoms with Crippen LogP contribution in [-0.4, -0.2) is 17.1 Å². The minimum Gasteiger partial charge on any atom is -0.479 e. The quantitative estimate of drug-likeness (QED) is 0.679. The highest BCUT2D eigenvalue weighted by Gasteiger charge is 2.08. The van der Waals surface area contributed by atoms with Crippen molar-refractivity contribution in [2.24, 2.45) is 0 Å². The molecule has 0 unspecified atom stereocenters. The van der Waals surface area contributed by atoms with E-state index in [9.17, 15) is 0 Å². The Balaban J connectivity index is 2.78. The molecular weight excluding hydrogens is 180 g/mol.